The summed E-state index contributed by atoms with van der Waals surface area (Å²) in [5, 5.41) is 12.9. The summed E-state index contributed by atoms with van der Waals surface area (Å²) in [5.74, 6) is 0. The van der Waals surface area contributed by atoms with Crippen molar-refractivity contribution in [2.45, 2.75) is 0 Å². The average Bonchev–Trinajstić information content (AvgIpc) is 3.76. The number of fused-ring (bicyclic) bond motifs is 12. The van der Waals surface area contributed by atoms with E-state index in [1.54, 1.807) is 0 Å². The number of aromatic nitrogens is 2. The molecule has 0 saturated heterocycles. The number of thiophene rings is 1. The molecule has 3 heteroatoms. The van der Waals surface area contributed by atoms with Crippen LogP contribution in [0.15, 0.2) is 146 Å². The quantitative estimate of drug-likeness (QED) is 0.180. The van der Waals surface area contributed by atoms with E-state index in [0.717, 1.165) is 0 Å². The predicted molar refractivity (Wildman–Crippen MR) is 195 cm³/mol. The fourth-order valence-electron chi connectivity index (χ4n) is 8.10. The van der Waals surface area contributed by atoms with Gasteiger partial charge in [0.05, 0.1) is 27.6 Å². The van der Waals surface area contributed by atoms with E-state index in [4.69, 9.17) is 0 Å². The molecule has 0 saturated carbocycles. The highest BCUT2D eigenvalue weighted by molar-refractivity contribution is 7.26. The summed E-state index contributed by atoms with van der Waals surface area (Å²) in [6, 6.07) is 53.9. The summed E-state index contributed by atoms with van der Waals surface area (Å²) in [5.41, 5.74) is 7.38. The Kier molecular flexibility index (Phi) is 4.49. The van der Waals surface area contributed by atoms with Crippen LogP contribution in [-0.4, -0.2) is 8.97 Å². The van der Waals surface area contributed by atoms with Crippen molar-refractivity contribution in [3.8, 4) is 5.69 Å². The maximum Gasteiger partial charge on any atom is 0.0789 e. The predicted octanol–water partition coefficient (Wildman–Crippen LogP) is 12.0. The van der Waals surface area contributed by atoms with Crippen LogP contribution < -0.4 is 0 Å². The fourth-order valence-corrected chi connectivity index (χ4v) is 9.23. The van der Waals surface area contributed by atoms with Gasteiger partial charge in [-0.05, 0) is 52.6 Å². The third-order valence-electron chi connectivity index (χ3n) is 9.85. The molecular weight excluding hydrogens is 565 g/mol. The summed E-state index contributed by atoms with van der Waals surface area (Å²) in [7, 11) is 0. The zero-order valence-corrected chi connectivity index (χ0v) is 25.0. The van der Waals surface area contributed by atoms with E-state index in [1.165, 1.54) is 96.5 Å². The molecule has 11 aromatic rings. The van der Waals surface area contributed by atoms with Gasteiger partial charge >= 0.3 is 0 Å². The standard InChI is InChI=1S/C42H24N2S/c1-2-11-25(12-3-1)43-34-18-8-7-16-29(34)31-21-22-33-32-23-24-37-39-38-30(17-10-20-36(38)45-37)27-14-5-4-13-26(27)28-15-6-9-19-35(28)44(40(32)39)42(33)41(31)43/h1-24H. The second-order valence-electron chi connectivity index (χ2n) is 12.1. The molecule has 4 aromatic heterocycles. The molecule has 4 heterocycles. The highest BCUT2D eigenvalue weighted by atomic mass is 32.1. The number of nitrogens with zero attached hydrogens (tertiary/aromatic N) is 2. The Morgan fingerprint density at radius 2 is 0.889 bits per heavy atom. The summed E-state index contributed by atoms with van der Waals surface area (Å²) in [6.07, 6.45) is 0. The van der Waals surface area contributed by atoms with Crippen molar-refractivity contribution in [1.82, 2.24) is 8.97 Å². The lowest BCUT2D eigenvalue weighted by Gasteiger charge is -2.10. The van der Waals surface area contributed by atoms with Crippen LogP contribution in [0.4, 0.5) is 0 Å². The van der Waals surface area contributed by atoms with Crippen LogP contribution >= 0.6 is 11.3 Å². The molecule has 0 aliphatic carbocycles. The summed E-state index contributed by atoms with van der Waals surface area (Å²) in [4.78, 5) is 0. The molecule has 2 nitrogen and oxygen atoms in total. The molecule has 0 radical (unpaired) electrons. The van der Waals surface area contributed by atoms with Crippen LogP contribution in [0.2, 0.25) is 0 Å². The molecule has 11 rings (SSSR count). The summed E-state index contributed by atoms with van der Waals surface area (Å²) < 4.78 is 7.74. The van der Waals surface area contributed by atoms with Gasteiger partial charge in [-0.1, -0.05) is 109 Å². The minimum absolute atomic E-state index is 1.17. The molecule has 7 aromatic carbocycles. The van der Waals surface area contributed by atoms with Gasteiger partial charge in [0, 0.05) is 52.8 Å². The van der Waals surface area contributed by atoms with Crippen molar-refractivity contribution in [2.75, 3.05) is 0 Å². The first-order valence-corrected chi connectivity index (χ1v) is 16.3. The first kappa shape index (κ1) is 23.8. The lowest BCUT2D eigenvalue weighted by Crippen LogP contribution is -1.95. The average molecular weight is 589 g/mol. The Bertz CT molecular complexity index is 3030. The molecule has 0 unspecified atom stereocenters. The highest BCUT2D eigenvalue weighted by Crippen LogP contribution is 2.47. The van der Waals surface area contributed by atoms with E-state index in [1.807, 2.05) is 11.3 Å². The van der Waals surface area contributed by atoms with Crippen LogP contribution in [0.5, 0.6) is 0 Å². The number of para-hydroxylation sites is 3. The first-order valence-electron chi connectivity index (χ1n) is 15.5. The molecule has 0 aliphatic rings. The van der Waals surface area contributed by atoms with Gasteiger partial charge in [0.25, 0.3) is 0 Å². The van der Waals surface area contributed by atoms with Crippen LogP contribution in [-0.2, 0) is 0 Å². The second kappa shape index (κ2) is 8.50. The van der Waals surface area contributed by atoms with Crippen molar-refractivity contribution in [3.63, 3.8) is 0 Å². The molecule has 208 valence electrons. The van der Waals surface area contributed by atoms with Crippen LogP contribution in [0.1, 0.15) is 0 Å². The van der Waals surface area contributed by atoms with Crippen molar-refractivity contribution in [1.29, 1.82) is 0 Å². The van der Waals surface area contributed by atoms with Gasteiger partial charge in [0.2, 0.25) is 0 Å². The van der Waals surface area contributed by atoms with E-state index >= 15 is 0 Å². The zero-order valence-electron chi connectivity index (χ0n) is 24.2. The maximum atomic E-state index is 2.61. The lowest BCUT2D eigenvalue weighted by atomic mass is 10.0. The van der Waals surface area contributed by atoms with Crippen molar-refractivity contribution >= 4 is 102 Å². The van der Waals surface area contributed by atoms with E-state index in [9.17, 15) is 0 Å². The molecule has 0 bridgehead atoms. The summed E-state index contributed by atoms with van der Waals surface area (Å²) >= 11 is 1.90. The van der Waals surface area contributed by atoms with Gasteiger partial charge in [-0.15, -0.1) is 11.3 Å². The van der Waals surface area contributed by atoms with Crippen LogP contribution in [0.25, 0.3) is 96.5 Å². The van der Waals surface area contributed by atoms with Gasteiger partial charge in [-0.25, -0.2) is 0 Å². The molecule has 0 amide bonds. The van der Waals surface area contributed by atoms with E-state index in [0.29, 0.717) is 0 Å². The van der Waals surface area contributed by atoms with Gasteiger partial charge in [0.15, 0.2) is 0 Å². The largest absolute Gasteiger partial charge is 0.307 e. The SMILES string of the molecule is c1ccc(-n2c3ccccc3c3ccc4c5ccc6sc7cccc8c9ccccc9c9ccccc9n(c5c6c78)c4c32)cc1. The molecule has 0 N–H and O–H groups in total. The van der Waals surface area contributed by atoms with Crippen LogP contribution in [0, 0.1) is 0 Å². The van der Waals surface area contributed by atoms with Gasteiger partial charge < -0.3 is 8.97 Å². The molecule has 45 heavy (non-hydrogen) atoms. The van der Waals surface area contributed by atoms with E-state index < -0.39 is 0 Å². The highest BCUT2D eigenvalue weighted by Gasteiger charge is 2.23. The van der Waals surface area contributed by atoms with Crippen LogP contribution in [0.3, 0.4) is 0 Å². The summed E-state index contributed by atoms with van der Waals surface area (Å²) in [6.45, 7) is 0. The topological polar surface area (TPSA) is 9.34 Å². The Balaban J connectivity index is 1.58. The van der Waals surface area contributed by atoms with Gasteiger partial charge in [-0.2, -0.15) is 0 Å². The Labute approximate surface area is 261 Å². The Morgan fingerprint density at radius 1 is 0.333 bits per heavy atom. The van der Waals surface area contributed by atoms with E-state index in [-0.39, 0.29) is 0 Å². The maximum absolute atomic E-state index is 2.61. The third kappa shape index (κ3) is 2.94. The molecule has 0 atom stereocenters. The van der Waals surface area contributed by atoms with Crippen molar-refractivity contribution < 1.29 is 0 Å². The molecule has 0 aliphatic heterocycles. The van der Waals surface area contributed by atoms with Crippen molar-refractivity contribution in [3.05, 3.63) is 146 Å². The van der Waals surface area contributed by atoms with Gasteiger partial charge in [0.1, 0.15) is 0 Å². The second-order valence-corrected chi connectivity index (χ2v) is 13.1. The molecular formula is C42H24N2S. The fraction of sp³-hybridized carbons (Fsp3) is 0. The molecule has 0 spiro atoms. The van der Waals surface area contributed by atoms with E-state index in [2.05, 4.69) is 155 Å². The number of benzene rings is 7. The minimum atomic E-state index is 1.17. The zero-order chi connectivity index (χ0) is 29.2. The number of rotatable bonds is 1. The molecule has 0 fully saturated rings. The van der Waals surface area contributed by atoms with Crippen molar-refractivity contribution in [2.24, 2.45) is 0 Å². The monoisotopic (exact) mass is 588 g/mol. The number of hydrogen-bond acceptors (Lipinski definition) is 1. The minimum Gasteiger partial charge on any atom is -0.307 e. The smallest absolute Gasteiger partial charge is 0.0789 e. The third-order valence-corrected chi connectivity index (χ3v) is 11.0. The number of hydrogen-bond donors (Lipinski definition) is 0. The normalized spacial score (nSPS) is 12.4. The Hall–Kier alpha value is -5.64. The lowest BCUT2D eigenvalue weighted by molar-refractivity contribution is 1.18. The first-order chi connectivity index (χ1) is 22.4. The van der Waals surface area contributed by atoms with Gasteiger partial charge in [-0.3, -0.25) is 0 Å². The Morgan fingerprint density at radius 3 is 1.69 bits per heavy atom.